The minimum atomic E-state index is 0.747. The van der Waals surface area contributed by atoms with Gasteiger partial charge >= 0.3 is 0 Å². The van der Waals surface area contributed by atoms with Gasteiger partial charge in [0.25, 0.3) is 0 Å². The van der Waals surface area contributed by atoms with Crippen molar-refractivity contribution < 1.29 is 0 Å². The first-order chi connectivity index (χ1) is 9.75. The zero-order chi connectivity index (χ0) is 14.6. The lowest BCUT2D eigenvalue weighted by Crippen LogP contribution is -2.06. The van der Waals surface area contributed by atoms with Crippen LogP contribution in [0.2, 0.25) is 0 Å². The van der Waals surface area contributed by atoms with Gasteiger partial charge in [0.1, 0.15) is 0 Å². The summed E-state index contributed by atoms with van der Waals surface area (Å²) >= 11 is 0. The fraction of sp³-hybridized carbons (Fsp3) is 0.700. The van der Waals surface area contributed by atoms with Crippen LogP contribution in [0.25, 0.3) is 0 Å². The molecule has 0 saturated heterocycles. The van der Waals surface area contributed by atoms with Gasteiger partial charge in [-0.25, -0.2) is 0 Å². The first kappa shape index (κ1) is 17.3. The topological polar surface area (TPSA) is 0 Å². The van der Waals surface area contributed by atoms with Crippen molar-refractivity contribution in [3.63, 3.8) is 0 Å². The highest BCUT2D eigenvalue weighted by Gasteiger charge is 2.14. The lowest BCUT2D eigenvalue weighted by Gasteiger charge is -2.21. The second-order valence-corrected chi connectivity index (χ2v) is 6.52. The van der Waals surface area contributed by atoms with Gasteiger partial charge in [0, 0.05) is 0 Å². The average molecular weight is 274 g/mol. The lowest BCUT2D eigenvalue weighted by molar-refractivity contribution is 0.441. The van der Waals surface area contributed by atoms with Crippen LogP contribution in [0.1, 0.15) is 90.0 Å². The molecule has 0 aliphatic carbocycles. The summed E-state index contributed by atoms with van der Waals surface area (Å²) < 4.78 is 0. The van der Waals surface area contributed by atoms with Gasteiger partial charge in [0.2, 0.25) is 0 Å². The SMILES string of the molecule is CCCCCCCCCCC(c1ccccc1)C(C)C. The normalized spacial score (nSPS) is 12.8. The Morgan fingerprint density at radius 2 is 1.30 bits per heavy atom. The Hall–Kier alpha value is -0.780. The number of benzene rings is 1. The maximum Gasteiger partial charge on any atom is -0.0139 e. The van der Waals surface area contributed by atoms with Gasteiger partial charge in [-0.15, -0.1) is 0 Å². The van der Waals surface area contributed by atoms with Crippen molar-refractivity contribution in [2.24, 2.45) is 5.92 Å². The van der Waals surface area contributed by atoms with Crippen LogP contribution >= 0.6 is 0 Å². The fourth-order valence-corrected chi connectivity index (χ4v) is 3.08. The van der Waals surface area contributed by atoms with Crippen LogP contribution < -0.4 is 0 Å². The van der Waals surface area contributed by atoms with E-state index in [1.54, 1.807) is 0 Å². The Balaban J connectivity index is 2.18. The van der Waals surface area contributed by atoms with E-state index in [9.17, 15) is 0 Å². The number of unbranched alkanes of at least 4 members (excludes halogenated alkanes) is 7. The zero-order valence-corrected chi connectivity index (χ0v) is 13.9. The zero-order valence-electron chi connectivity index (χ0n) is 13.9. The summed E-state index contributed by atoms with van der Waals surface area (Å²) in [5, 5.41) is 0. The molecule has 0 N–H and O–H groups in total. The molecule has 0 spiro atoms. The predicted molar refractivity (Wildman–Crippen MR) is 91.2 cm³/mol. The summed E-state index contributed by atoms with van der Waals surface area (Å²) in [7, 11) is 0. The molecule has 0 bridgehead atoms. The molecule has 114 valence electrons. The highest BCUT2D eigenvalue weighted by Crippen LogP contribution is 2.29. The maximum absolute atomic E-state index is 2.36. The quantitative estimate of drug-likeness (QED) is 0.383. The molecular formula is C20H34. The smallest absolute Gasteiger partial charge is 0.0139 e. The van der Waals surface area contributed by atoms with Crippen LogP contribution in [0.4, 0.5) is 0 Å². The average Bonchev–Trinajstić information content (AvgIpc) is 2.46. The molecule has 0 amide bonds. The van der Waals surface area contributed by atoms with Gasteiger partial charge in [0.05, 0.1) is 0 Å². The first-order valence-electron chi connectivity index (χ1n) is 8.80. The second kappa shape index (κ2) is 10.9. The van der Waals surface area contributed by atoms with E-state index < -0.39 is 0 Å². The molecule has 0 nitrogen and oxygen atoms in total. The van der Waals surface area contributed by atoms with E-state index in [4.69, 9.17) is 0 Å². The number of rotatable bonds is 11. The van der Waals surface area contributed by atoms with Crippen molar-refractivity contribution >= 4 is 0 Å². The van der Waals surface area contributed by atoms with E-state index >= 15 is 0 Å². The maximum atomic E-state index is 2.36. The highest BCUT2D eigenvalue weighted by atomic mass is 14.2. The van der Waals surface area contributed by atoms with Gasteiger partial charge in [-0.3, -0.25) is 0 Å². The Kier molecular flexibility index (Phi) is 9.45. The first-order valence-corrected chi connectivity index (χ1v) is 8.80. The number of hydrogen-bond donors (Lipinski definition) is 0. The van der Waals surface area contributed by atoms with Crippen LogP contribution in [0, 0.1) is 5.92 Å². The van der Waals surface area contributed by atoms with Crippen molar-refractivity contribution in [2.45, 2.75) is 84.5 Å². The minimum absolute atomic E-state index is 0.747. The molecule has 1 aromatic rings. The van der Waals surface area contributed by atoms with E-state index in [-0.39, 0.29) is 0 Å². The van der Waals surface area contributed by atoms with Gasteiger partial charge in [-0.2, -0.15) is 0 Å². The van der Waals surface area contributed by atoms with E-state index in [0.29, 0.717) is 0 Å². The summed E-state index contributed by atoms with van der Waals surface area (Å²) in [6.07, 6.45) is 12.7. The molecule has 0 radical (unpaired) electrons. The van der Waals surface area contributed by atoms with Gasteiger partial charge < -0.3 is 0 Å². The Morgan fingerprint density at radius 1 is 0.750 bits per heavy atom. The van der Waals surface area contributed by atoms with Crippen LogP contribution in [0.5, 0.6) is 0 Å². The lowest BCUT2D eigenvalue weighted by atomic mass is 9.84. The van der Waals surface area contributed by atoms with Gasteiger partial charge in [0.15, 0.2) is 0 Å². The molecule has 0 aromatic heterocycles. The molecule has 0 heteroatoms. The summed E-state index contributed by atoms with van der Waals surface area (Å²) in [5.41, 5.74) is 1.53. The predicted octanol–water partition coefficient (Wildman–Crippen LogP) is 6.96. The van der Waals surface area contributed by atoms with E-state index in [1.807, 2.05) is 0 Å². The molecule has 1 rings (SSSR count). The molecule has 0 fully saturated rings. The molecule has 1 atom stereocenters. The van der Waals surface area contributed by atoms with Crippen molar-refractivity contribution in [1.29, 1.82) is 0 Å². The third-order valence-corrected chi connectivity index (χ3v) is 4.40. The Bertz CT molecular complexity index is 312. The molecule has 0 aliphatic rings. The molecule has 0 saturated carbocycles. The van der Waals surface area contributed by atoms with Crippen LogP contribution in [0.3, 0.4) is 0 Å². The molecule has 0 heterocycles. The second-order valence-electron chi connectivity index (χ2n) is 6.52. The Morgan fingerprint density at radius 3 is 1.85 bits per heavy atom. The fourth-order valence-electron chi connectivity index (χ4n) is 3.08. The summed E-state index contributed by atoms with van der Waals surface area (Å²) in [6.45, 7) is 7.01. The van der Waals surface area contributed by atoms with E-state index in [1.165, 1.54) is 63.4 Å². The van der Waals surface area contributed by atoms with Crippen LogP contribution in [-0.4, -0.2) is 0 Å². The highest BCUT2D eigenvalue weighted by molar-refractivity contribution is 5.19. The van der Waals surface area contributed by atoms with Crippen molar-refractivity contribution in [3.8, 4) is 0 Å². The molecule has 0 aliphatic heterocycles. The Labute approximate surface area is 127 Å². The van der Waals surface area contributed by atoms with E-state index in [0.717, 1.165) is 11.8 Å². The summed E-state index contributed by atoms with van der Waals surface area (Å²) in [4.78, 5) is 0. The molecule has 20 heavy (non-hydrogen) atoms. The molecule has 1 unspecified atom stereocenters. The van der Waals surface area contributed by atoms with Crippen molar-refractivity contribution in [2.75, 3.05) is 0 Å². The third kappa shape index (κ3) is 7.12. The minimum Gasteiger partial charge on any atom is -0.0654 e. The monoisotopic (exact) mass is 274 g/mol. The van der Waals surface area contributed by atoms with Crippen LogP contribution in [0.15, 0.2) is 30.3 Å². The van der Waals surface area contributed by atoms with E-state index in [2.05, 4.69) is 51.1 Å². The molecule has 1 aromatic carbocycles. The van der Waals surface area contributed by atoms with Gasteiger partial charge in [-0.1, -0.05) is 102 Å². The third-order valence-electron chi connectivity index (χ3n) is 4.40. The van der Waals surface area contributed by atoms with Crippen molar-refractivity contribution in [3.05, 3.63) is 35.9 Å². The summed E-state index contributed by atoms with van der Waals surface area (Å²) in [5.74, 6) is 1.50. The standard InChI is InChI=1S/C20H34/c1-4-5-6-7-8-9-10-14-17-20(18(2)3)19-15-12-11-13-16-19/h11-13,15-16,18,20H,4-10,14,17H2,1-3H3. The molecular weight excluding hydrogens is 240 g/mol. The number of hydrogen-bond acceptors (Lipinski definition) is 0. The summed E-state index contributed by atoms with van der Waals surface area (Å²) in [6, 6.07) is 11.1. The van der Waals surface area contributed by atoms with Crippen molar-refractivity contribution in [1.82, 2.24) is 0 Å². The van der Waals surface area contributed by atoms with Crippen LogP contribution in [-0.2, 0) is 0 Å². The largest absolute Gasteiger partial charge is 0.0654 e. The van der Waals surface area contributed by atoms with Gasteiger partial charge in [-0.05, 0) is 23.8 Å².